The number of aromatic nitrogens is 2. The molecule has 0 saturated heterocycles. The van der Waals surface area contributed by atoms with Crippen molar-refractivity contribution in [1.29, 1.82) is 0 Å². The number of Topliss-reactive ketones (excluding diaryl/α,β-unsaturated/α-hetero) is 1. The van der Waals surface area contributed by atoms with Crippen LogP contribution in [0.2, 0.25) is 0 Å². The van der Waals surface area contributed by atoms with Gasteiger partial charge in [0.25, 0.3) is 0 Å². The Hall–Kier alpha value is -2.08. The van der Waals surface area contributed by atoms with Crippen molar-refractivity contribution in [2.75, 3.05) is 11.1 Å². The van der Waals surface area contributed by atoms with Crippen LogP contribution in [0, 0.1) is 0 Å². The molecule has 6 heteroatoms. The minimum Gasteiger partial charge on any atom is -0.329 e. The summed E-state index contributed by atoms with van der Waals surface area (Å²) in [6.07, 6.45) is 3.54. The van der Waals surface area contributed by atoms with E-state index in [9.17, 15) is 9.59 Å². The van der Waals surface area contributed by atoms with Crippen LogP contribution in [0.4, 0.5) is 5.69 Å². The third-order valence-corrected chi connectivity index (χ3v) is 3.67. The number of anilines is 1. The van der Waals surface area contributed by atoms with Crippen molar-refractivity contribution in [2.45, 2.75) is 12.1 Å². The van der Waals surface area contributed by atoms with Crippen LogP contribution < -0.4 is 5.32 Å². The fourth-order valence-electron chi connectivity index (χ4n) is 1.68. The summed E-state index contributed by atoms with van der Waals surface area (Å²) < 4.78 is 1.87. The van der Waals surface area contributed by atoms with Crippen LogP contribution in [0.15, 0.2) is 41.8 Å². The summed E-state index contributed by atoms with van der Waals surface area (Å²) in [5.74, 6) is 0.163. The van der Waals surface area contributed by atoms with Gasteiger partial charge in [-0.2, -0.15) is 0 Å². The van der Waals surface area contributed by atoms with Gasteiger partial charge in [-0.1, -0.05) is 23.9 Å². The first-order valence-electron chi connectivity index (χ1n) is 6.07. The maximum Gasteiger partial charge on any atom is 0.221 e. The SMILES string of the molecule is CC(=O)Nc1cccc(C(=O)CSc2nccn2C)c1. The maximum atomic E-state index is 12.1. The first-order valence-corrected chi connectivity index (χ1v) is 7.06. The van der Waals surface area contributed by atoms with Gasteiger partial charge in [0, 0.05) is 37.6 Å². The van der Waals surface area contributed by atoms with Gasteiger partial charge < -0.3 is 9.88 Å². The van der Waals surface area contributed by atoms with Gasteiger partial charge in [-0.25, -0.2) is 4.98 Å². The number of carbonyl (C=O) groups is 2. The average molecular weight is 289 g/mol. The van der Waals surface area contributed by atoms with Crippen molar-refractivity contribution in [3.05, 3.63) is 42.2 Å². The van der Waals surface area contributed by atoms with Gasteiger partial charge in [-0.15, -0.1) is 0 Å². The molecule has 0 aliphatic carbocycles. The van der Waals surface area contributed by atoms with Crippen LogP contribution in [-0.2, 0) is 11.8 Å². The number of carbonyl (C=O) groups excluding carboxylic acids is 2. The molecular weight excluding hydrogens is 274 g/mol. The van der Waals surface area contributed by atoms with E-state index in [1.165, 1.54) is 18.7 Å². The number of nitrogens with one attached hydrogen (secondary N) is 1. The summed E-state index contributed by atoms with van der Waals surface area (Å²) in [5.41, 5.74) is 1.21. The Morgan fingerprint density at radius 3 is 2.85 bits per heavy atom. The summed E-state index contributed by atoms with van der Waals surface area (Å²) in [6, 6.07) is 6.93. The van der Waals surface area contributed by atoms with E-state index >= 15 is 0 Å². The number of rotatable bonds is 5. The third-order valence-electron chi connectivity index (χ3n) is 2.61. The zero-order chi connectivity index (χ0) is 14.5. The summed E-state index contributed by atoms with van der Waals surface area (Å²) in [7, 11) is 1.89. The van der Waals surface area contributed by atoms with Gasteiger partial charge in [-0.3, -0.25) is 9.59 Å². The second kappa shape index (κ2) is 6.38. The first-order chi connectivity index (χ1) is 9.56. The standard InChI is InChI=1S/C14H15N3O2S/c1-10(18)16-12-5-3-4-11(8-12)13(19)9-20-14-15-6-7-17(14)2/h3-8H,9H2,1-2H3,(H,16,18). The van der Waals surface area contributed by atoms with Crippen molar-refractivity contribution >= 4 is 29.1 Å². The molecule has 1 aromatic heterocycles. The van der Waals surface area contributed by atoms with E-state index in [0.717, 1.165) is 5.16 Å². The molecule has 0 spiro atoms. The van der Waals surface area contributed by atoms with Crippen molar-refractivity contribution in [1.82, 2.24) is 9.55 Å². The minimum atomic E-state index is -0.156. The van der Waals surface area contributed by atoms with E-state index in [4.69, 9.17) is 0 Å². The van der Waals surface area contributed by atoms with E-state index in [1.807, 2.05) is 17.8 Å². The molecule has 0 saturated carbocycles. The molecule has 0 bridgehead atoms. The van der Waals surface area contributed by atoms with Crippen molar-refractivity contribution in [3.63, 3.8) is 0 Å². The highest BCUT2D eigenvalue weighted by Crippen LogP contribution is 2.18. The Balaban J connectivity index is 2.02. The average Bonchev–Trinajstić information content (AvgIpc) is 2.81. The molecule has 0 aliphatic rings. The number of thioether (sulfide) groups is 1. The Labute approximate surface area is 121 Å². The number of benzene rings is 1. The molecule has 1 N–H and O–H groups in total. The first kappa shape index (κ1) is 14.3. The molecule has 104 valence electrons. The zero-order valence-electron chi connectivity index (χ0n) is 11.3. The maximum absolute atomic E-state index is 12.1. The van der Waals surface area contributed by atoms with Crippen LogP contribution in [0.3, 0.4) is 0 Å². The normalized spacial score (nSPS) is 10.3. The predicted molar refractivity (Wildman–Crippen MR) is 79.0 cm³/mol. The number of nitrogens with zero attached hydrogens (tertiary/aromatic N) is 2. The number of ketones is 1. The van der Waals surface area contributed by atoms with Gasteiger partial charge in [0.2, 0.25) is 5.91 Å². The number of aryl methyl sites for hydroxylation is 1. The number of hydrogen-bond acceptors (Lipinski definition) is 4. The van der Waals surface area contributed by atoms with Crippen LogP contribution >= 0.6 is 11.8 Å². The monoisotopic (exact) mass is 289 g/mol. The van der Waals surface area contributed by atoms with Crippen molar-refractivity contribution in [3.8, 4) is 0 Å². The number of imidazole rings is 1. The number of hydrogen-bond donors (Lipinski definition) is 1. The lowest BCUT2D eigenvalue weighted by Crippen LogP contribution is -2.08. The molecule has 1 aromatic carbocycles. The molecule has 2 aromatic rings. The Kier molecular flexibility index (Phi) is 4.57. The highest BCUT2D eigenvalue weighted by molar-refractivity contribution is 7.99. The summed E-state index contributed by atoms with van der Waals surface area (Å²) in [6.45, 7) is 1.44. The van der Waals surface area contributed by atoms with Gasteiger partial charge in [-0.05, 0) is 12.1 Å². The Morgan fingerprint density at radius 1 is 1.40 bits per heavy atom. The minimum absolute atomic E-state index is 0.00482. The zero-order valence-corrected chi connectivity index (χ0v) is 12.1. The van der Waals surface area contributed by atoms with Crippen LogP contribution in [0.25, 0.3) is 0 Å². The summed E-state index contributed by atoms with van der Waals surface area (Å²) in [4.78, 5) is 27.3. The molecule has 5 nitrogen and oxygen atoms in total. The van der Waals surface area contributed by atoms with Gasteiger partial charge >= 0.3 is 0 Å². The van der Waals surface area contributed by atoms with E-state index in [1.54, 1.807) is 30.5 Å². The molecule has 20 heavy (non-hydrogen) atoms. The lowest BCUT2D eigenvalue weighted by atomic mass is 10.1. The van der Waals surface area contributed by atoms with Crippen molar-refractivity contribution < 1.29 is 9.59 Å². The van der Waals surface area contributed by atoms with Gasteiger partial charge in [0.1, 0.15) is 0 Å². The lowest BCUT2D eigenvalue weighted by Gasteiger charge is -2.05. The number of amides is 1. The largest absolute Gasteiger partial charge is 0.329 e. The molecule has 2 rings (SSSR count). The topological polar surface area (TPSA) is 64.0 Å². The van der Waals surface area contributed by atoms with E-state index in [2.05, 4.69) is 10.3 Å². The fraction of sp³-hybridized carbons (Fsp3) is 0.214. The second-order valence-corrected chi connectivity index (χ2v) is 5.24. The van der Waals surface area contributed by atoms with Crippen LogP contribution in [0.1, 0.15) is 17.3 Å². The molecule has 0 radical (unpaired) electrons. The quantitative estimate of drug-likeness (QED) is 0.678. The molecule has 0 unspecified atom stereocenters. The molecule has 0 aliphatic heterocycles. The third kappa shape index (κ3) is 3.71. The lowest BCUT2D eigenvalue weighted by molar-refractivity contribution is -0.114. The summed E-state index contributed by atoms with van der Waals surface area (Å²) in [5, 5.41) is 3.47. The van der Waals surface area contributed by atoms with E-state index in [-0.39, 0.29) is 11.7 Å². The predicted octanol–water partition coefficient (Wildman–Crippen LogP) is 2.35. The highest BCUT2D eigenvalue weighted by atomic mass is 32.2. The van der Waals surface area contributed by atoms with E-state index < -0.39 is 0 Å². The molecule has 0 fully saturated rings. The second-order valence-electron chi connectivity index (χ2n) is 4.29. The van der Waals surface area contributed by atoms with Gasteiger partial charge in [0.05, 0.1) is 5.75 Å². The Bertz CT molecular complexity index is 637. The summed E-state index contributed by atoms with van der Waals surface area (Å²) >= 11 is 1.39. The van der Waals surface area contributed by atoms with Crippen molar-refractivity contribution in [2.24, 2.45) is 7.05 Å². The molecular formula is C14H15N3O2S. The molecule has 1 amide bonds. The van der Waals surface area contributed by atoms with E-state index in [0.29, 0.717) is 17.0 Å². The molecule has 1 heterocycles. The highest BCUT2D eigenvalue weighted by Gasteiger charge is 2.09. The smallest absolute Gasteiger partial charge is 0.221 e. The Morgan fingerprint density at radius 2 is 2.20 bits per heavy atom. The molecule has 0 atom stereocenters. The fourth-order valence-corrected chi connectivity index (χ4v) is 2.50. The van der Waals surface area contributed by atoms with Crippen LogP contribution in [-0.4, -0.2) is 27.0 Å². The van der Waals surface area contributed by atoms with Crippen LogP contribution in [0.5, 0.6) is 0 Å². The van der Waals surface area contributed by atoms with Gasteiger partial charge in [0.15, 0.2) is 10.9 Å².